The van der Waals surface area contributed by atoms with Crippen LogP contribution in [0.5, 0.6) is 0 Å². The molecule has 1 fully saturated rings. The molecule has 0 aromatic carbocycles. The van der Waals surface area contributed by atoms with Crippen molar-refractivity contribution in [3.63, 3.8) is 0 Å². The largest absolute Gasteiger partial charge is 0.0853 e. The number of hydrogen-bond acceptors (Lipinski definition) is 0. The van der Waals surface area contributed by atoms with Gasteiger partial charge in [-0.15, -0.1) is 0 Å². The minimum Gasteiger partial charge on any atom is -0.0853 e. The fourth-order valence-corrected chi connectivity index (χ4v) is 2.90. The summed E-state index contributed by atoms with van der Waals surface area (Å²) in [6.07, 6.45) is 11.1. The Morgan fingerprint density at radius 2 is 1.79 bits per heavy atom. The van der Waals surface area contributed by atoms with E-state index in [1.165, 1.54) is 44.1 Å². The van der Waals surface area contributed by atoms with E-state index in [-0.39, 0.29) is 0 Å². The first-order valence-electron chi connectivity index (χ1n) is 6.17. The van der Waals surface area contributed by atoms with E-state index in [1.54, 1.807) is 0 Å². The van der Waals surface area contributed by atoms with Crippen molar-refractivity contribution in [2.24, 2.45) is 11.3 Å². The summed E-state index contributed by atoms with van der Waals surface area (Å²) in [4.78, 5) is 0. The highest BCUT2D eigenvalue weighted by molar-refractivity contribution is 4.99. The summed E-state index contributed by atoms with van der Waals surface area (Å²) >= 11 is 0. The molecule has 0 aromatic heterocycles. The second-order valence-electron chi connectivity index (χ2n) is 5.79. The van der Waals surface area contributed by atoms with E-state index >= 15 is 0 Å². The molecular weight excluding hydrogens is 168 g/mol. The Bertz CT molecular complexity index is 188. The third-order valence-corrected chi connectivity index (χ3v) is 3.45. The van der Waals surface area contributed by atoms with Crippen LogP contribution in [0.3, 0.4) is 0 Å². The van der Waals surface area contributed by atoms with Gasteiger partial charge in [-0.3, -0.25) is 0 Å². The van der Waals surface area contributed by atoms with Crippen LogP contribution in [0.2, 0.25) is 0 Å². The number of hydrogen-bond donors (Lipinski definition) is 0. The van der Waals surface area contributed by atoms with Gasteiger partial charge in [0, 0.05) is 0 Å². The summed E-state index contributed by atoms with van der Waals surface area (Å²) in [5.74, 6) is 0.860. The van der Waals surface area contributed by atoms with E-state index < -0.39 is 0 Å². The summed E-state index contributed by atoms with van der Waals surface area (Å²) in [5, 5.41) is 0. The zero-order valence-corrected chi connectivity index (χ0v) is 10.4. The highest BCUT2D eigenvalue weighted by Crippen LogP contribution is 2.46. The molecule has 0 aromatic rings. The molecule has 14 heavy (non-hydrogen) atoms. The van der Waals surface area contributed by atoms with Gasteiger partial charge in [-0.2, -0.15) is 0 Å². The average molecular weight is 194 g/mol. The van der Waals surface area contributed by atoms with Gasteiger partial charge in [0.15, 0.2) is 0 Å². The lowest BCUT2D eigenvalue weighted by molar-refractivity contribution is 0.237. The molecule has 1 aliphatic rings. The Hall–Kier alpha value is -0.260. The lowest BCUT2D eigenvalue weighted by Gasteiger charge is -2.30. The lowest BCUT2D eigenvalue weighted by Crippen LogP contribution is -2.18. The Kier molecular flexibility index (Phi) is 4.22. The van der Waals surface area contributed by atoms with Crippen LogP contribution in [0.25, 0.3) is 0 Å². The van der Waals surface area contributed by atoms with Crippen molar-refractivity contribution in [2.75, 3.05) is 0 Å². The van der Waals surface area contributed by atoms with E-state index in [1.807, 2.05) is 0 Å². The molecule has 0 unspecified atom stereocenters. The van der Waals surface area contributed by atoms with Crippen LogP contribution in [-0.4, -0.2) is 0 Å². The van der Waals surface area contributed by atoms with Gasteiger partial charge in [-0.25, -0.2) is 0 Å². The lowest BCUT2D eigenvalue weighted by atomic mass is 9.75. The summed E-state index contributed by atoms with van der Waals surface area (Å²) in [6.45, 7) is 9.17. The zero-order chi connectivity index (χ0) is 10.6. The van der Waals surface area contributed by atoms with Gasteiger partial charge in [-0.1, -0.05) is 38.3 Å². The van der Waals surface area contributed by atoms with Crippen molar-refractivity contribution < 1.29 is 0 Å². The van der Waals surface area contributed by atoms with Crippen LogP contribution in [0.4, 0.5) is 0 Å². The van der Waals surface area contributed by atoms with Gasteiger partial charge >= 0.3 is 0 Å². The minimum absolute atomic E-state index is 0.672. The van der Waals surface area contributed by atoms with E-state index in [4.69, 9.17) is 0 Å². The summed E-state index contributed by atoms with van der Waals surface area (Å²) < 4.78 is 0. The predicted molar refractivity (Wildman–Crippen MR) is 64.4 cm³/mol. The monoisotopic (exact) mass is 194 g/mol. The van der Waals surface area contributed by atoms with Crippen molar-refractivity contribution in [3.05, 3.63) is 11.6 Å². The van der Waals surface area contributed by atoms with E-state index in [0.717, 1.165) is 5.92 Å². The average Bonchev–Trinajstić information content (AvgIpc) is 2.49. The molecule has 0 N–H and O–H groups in total. The molecule has 0 heterocycles. The van der Waals surface area contributed by atoms with Crippen LogP contribution in [0.1, 0.15) is 66.2 Å². The van der Waals surface area contributed by atoms with Gasteiger partial charge < -0.3 is 0 Å². The van der Waals surface area contributed by atoms with Crippen LogP contribution < -0.4 is 0 Å². The van der Waals surface area contributed by atoms with E-state index in [0.29, 0.717) is 5.41 Å². The predicted octanol–water partition coefficient (Wildman–Crippen LogP) is 4.95. The van der Waals surface area contributed by atoms with Gasteiger partial charge in [-0.05, 0) is 50.9 Å². The molecule has 0 saturated heterocycles. The molecule has 0 atom stereocenters. The van der Waals surface area contributed by atoms with Crippen molar-refractivity contribution in [3.8, 4) is 0 Å². The van der Waals surface area contributed by atoms with Crippen LogP contribution in [0.15, 0.2) is 11.6 Å². The van der Waals surface area contributed by atoms with Crippen molar-refractivity contribution in [1.82, 2.24) is 0 Å². The first-order valence-corrected chi connectivity index (χ1v) is 6.17. The third-order valence-electron chi connectivity index (χ3n) is 3.45. The molecule has 1 rings (SSSR count). The van der Waals surface area contributed by atoms with Crippen LogP contribution in [-0.2, 0) is 0 Å². The SMILES string of the molecule is CC(C)=CCC1(CC(C)C)CCCC1. The Morgan fingerprint density at radius 1 is 1.21 bits per heavy atom. The summed E-state index contributed by atoms with van der Waals surface area (Å²) in [5.41, 5.74) is 2.16. The van der Waals surface area contributed by atoms with Crippen molar-refractivity contribution in [2.45, 2.75) is 66.2 Å². The molecule has 0 radical (unpaired) electrons. The third kappa shape index (κ3) is 3.48. The molecule has 0 spiro atoms. The topological polar surface area (TPSA) is 0 Å². The fourth-order valence-electron chi connectivity index (χ4n) is 2.90. The smallest absolute Gasteiger partial charge is 0.0260 e. The highest BCUT2D eigenvalue weighted by Gasteiger charge is 2.32. The second kappa shape index (κ2) is 5.00. The van der Waals surface area contributed by atoms with Gasteiger partial charge in [0.2, 0.25) is 0 Å². The Labute approximate surface area is 89.8 Å². The molecule has 1 aliphatic carbocycles. The van der Waals surface area contributed by atoms with Crippen molar-refractivity contribution in [1.29, 1.82) is 0 Å². The van der Waals surface area contributed by atoms with Crippen molar-refractivity contribution >= 4 is 0 Å². The molecule has 0 nitrogen and oxygen atoms in total. The van der Waals surface area contributed by atoms with Crippen LogP contribution >= 0.6 is 0 Å². The van der Waals surface area contributed by atoms with Gasteiger partial charge in [0.05, 0.1) is 0 Å². The molecule has 1 saturated carbocycles. The summed E-state index contributed by atoms with van der Waals surface area (Å²) in [6, 6.07) is 0. The first-order chi connectivity index (χ1) is 6.54. The fraction of sp³-hybridized carbons (Fsp3) is 0.857. The standard InChI is InChI=1S/C14H26/c1-12(2)7-10-14(11-13(3)4)8-5-6-9-14/h7,13H,5-6,8-11H2,1-4H3. The molecule has 0 amide bonds. The maximum atomic E-state index is 2.45. The second-order valence-corrected chi connectivity index (χ2v) is 5.79. The Balaban J connectivity index is 2.57. The maximum Gasteiger partial charge on any atom is -0.0260 e. The van der Waals surface area contributed by atoms with Gasteiger partial charge in [0.1, 0.15) is 0 Å². The molecule has 0 bridgehead atoms. The number of allylic oxidation sites excluding steroid dienone is 2. The van der Waals surface area contributed by atoms with E-state index in [2.05, 4.69) is 33.8 Å². The maximum absolute atomic E-state index is 2.45. The Morgan fingerprint density at radius 3 is 2.21 bits per heavy atom. The normalized spacial score (nSPS) is 20.1. The van der Waals surface area contributed by atoms with Gasteiger partial charge in [0.25, 0.3) is 0 Å². The quantitative estimate of drug-likeness (QED) is 0.555. The highest BCUT2D eigenvalue weighted by atomic mass is 14.4. The molecule has 82 valence electrons. The molecule has 0 heteroatoms. The summed E-state index contributed by atoms with van der Waals surface area (Å²) in [7, 11) is 0. The number of rotatable bonds is 4. The van der Waals surface area contributed by atoms with E-state index in [9.17, 15) is 0 Å². The minimum atomic E-state index is 0.672. The van der Waals surface area contributed by atoms with Crippen LogP contribution in [0, 0.1) is 11.3 Å². The molecular formula is C14H26. The first kappa shape index (κ1) is 11.8. The molecule has 0 aliphatic heterocycles. The zero-order valence-electron chi connectivity index (χ0n) is 10.4.